The second-order valence-corrected chi connectivity index (χ2v) is 4.01. The second kappa shape index (κ2) is 4.86. The molecule has 0 spiro atoms. The maximum absolute atomic E-state index is 11.9. The van der Waals surface area contributed by atoms with Crippen LogP contribution in [0.25, 0.3) is 5.69 Å². The van der Waals surface area contributed by atoms with Gasteiger partial charge in [-0.3, -0.25) is 4.79 Å². The molecule has 0 fully saturated rings. The predicted octanol–water partition coefficient (Wildman–Crippen LogP) is 1.73. The van der Waals surface area contributed by atoms with Crippen molar-refractivity contribution < 1.29 is 9.84 Å². The van der Waals surface area contributed by atoms with E-state index in [1.54, 1.807) is 31.2 Å². The van der Waals surface area contributed by atoms with E-state index in [0.29, 0.717) is 17.0 Å². The fourth-order valence-corrected chi connectivity index (χ4v) is 1.83. The zero-order chi connectivity index (χ0) is 14.0. The van der Waals surface area contributed by atoms with Crippen LogP contribution in [0, 0.1) is 18.3 Å². The van der Waals surface area contributed by atoms with Crippen molar-refractivity contribution in [3.63, 3.8) is 0 Å². The van der Waals surface area contributed by atoms with Crippen LogP contribution in [0.4, 0.5) is 0 Å². The maximum Gasteiger partial charge on any atom is 0.258 e. The molecule has 0 bridgehead atoms. The molecule has 1 heterocycles. The van der Waals surface area contributed by atoms with Crippen molar-refractivity contribution in [1.82, 2.24) is 4.57 Å². The van der Waals surface area contributed by atoms with Crippen LogP contribution in [-0.2, 0) is 0 Å². The number of methoxy groups -OCH3 is 1. The summed E-state index contributed by atoms with van der Waals surface area (Å²) in [5, 5.41) is 19.0. The number of ether oxygens (including phenoxy) is 1. The Hall–Kier alpha value is -2.74. The molecule has 0 aliphatic heterocycles. The lowest BCUT2D eigenvalue weighted by Crippen LogP contribution is -2.19. The van der Waals surface area contributed by atoms with Crippen LogP contribution in [0.1, 0.15) is 11.1 Å². The topological polar surface area (TPSA) is 75.2 Å². The molecule has 0 saturated heterocycles. The lowest BCUT2D eigenvalue weighted by Gasteiger charge is -2.11. The molecule has 0 aliphatic carbocycles. The zero-order valence-corrected chi connectivity index (χ0v) is 10.5. The summed E-state index contributed by atoms with van der Waals surface area (Å²) in [6.07, 6.45) is 0. The Morgan fingerprint density at radius 2 is 1.95 bits per heavy atom. The Labute approximate surface area is 109 Å². The van der Waals surface area contributed by atoms with Crippen molar-refractivity contribution in [2.75, 3.05) is 7.11 Å². The number of hydrogen-bond donors (Lipinski definition) is 1. The summed E-state index contributed by atoms with van der Waals surface area (Å²) in [6.45, 7) is 1.61. The molecule has 0 saturated carbocycles. The third kappa shape index (κ3) is 2.16. The molecule has 0 unspecified atom stereocenters. The molecule has 19 heavy (non-hydrogen) atoms. The van der Waals surface area contributed by atoms with Crippen molar-refractivity contribution in [1.29, 1.82) is 5.26 Å². The smallest absolute Gasteiger partial charge is 0.258 e. The normalized spacial score (nSPS) is 9.95. The van der Waals surface area contributed by atoms with Gasteiger partial charge in [-0.2, -0.15) is 5.26 Å². The molecule has 1 N–H and O–H groups in total. The Morgan fingerprint density at radius 3 is 2.47 bits per heavy atom. The predicted molar refractivity (Wildman–Crippen MR) is 69.7 cm³/mol. The van der Waals surface area contributed by atoms with Gasteiger partial charge in [-0.05, 0) is 36.8 Å². The third-order valence-corrected chi connectivity index (χ3v) is 2.83. The van der Waals surface area contributed by atoms with Crippen molar-refractivity contribution in [3.05, 3.63) is 51.8 Å². The third-order valence-electron chi connectivity index (χ3n) is 2.83. The summed E-state index contributed by atoms with van der Waals surface area (Å²) in [5.41, 5.74) is 0.629. The van der Waals surface area contributed by atoms with Crippen LogP contribution < -0.4 is 10.3 Å². The average molecular weight is 256 g/mol. The summed E-state index contributed by atoms with van der Waals surface area (Å²) in [6, 6.07) is 9.83. The van der Waals surface area contributed by atoms with Crippen LogP contribution in [0.5, 0.6) is 11.6 Å². The van der Waals surface area contributed by atoms with E-state index in [1.165, 1.54) is 13.2 Å². The minimum absolute atomic E-state index is 0.0930. The van der Waals surface area contributed by atoms with Gasteiger partial charge in [0.25, 0.3) is 5.56 Å². The second-order valence-electron chi connectivity index (χ2n) is 4.01. The quantitative estimate of drug-likeness (QED) is 0.887. The van der Waals surface area contributed by atoms with E-state index in [9.17, 15) is 9.90 Å². The fourth-order valence-electron chi connectivity index (χ4n) is 1.83. The first-order valence-corrected chi connectivity index (χ1v) is 5.58. The molecule has 2 aromatic rings. The Bertz CT molecular complexity index is 709. The van der Waals surface area contributed by atoms with Gasteiger partial charge in [-0.1, -0.05) is 0 Å². The fraction of sp³-hybridized carbons (Fsp3) is 0.143. The molecular weight excluding hydrogens is 244 g/mol. The monoisotopic (exact) mass is 256 g/mol. The van der Waals surface area contributed by atoms with Crippen LogP contribution in [0.3, 0.4) is 0 Å². The molecule has 2 rings (SSSR count). The lowest BCUT2D eigenvalue weighted by molar-refractivity contribution is 0.414. The van der Waals surface area contributed by atoms with Crippen molar-refractivity contribution >= 4 is 0 Å². The van der Waals surface area contributed by atoms with Crippen LogP contribution in [0.2, 0.25) is 0 Å². The number of rotatable bonds is 2. The summed E-state index contributed by atoms with van der Waals surface area (Å²) in [5.74, 6) is 0.293. The van der Waals surface area contributed by atoms with Gasteiger partial charge in [0.2, 0.25) is 5.88 Å². The Morgan fingerprint density at radius 1 is 1.32 bits per heavy atom. The molecule has 1 aromatic heterocycles. The maximum atomic E-state index is 11.9. The molecule has 0 amide bonds. The van der Waals surface area contributed by atoms with Gasteiger partial charge in [0.05, 0.1) is 12.8 Å². The van der Waals surface area contributed by atoms with Crippen molar-refractivity contribution in [2.45, 2.75) is 6.92 Å². The number of aromatic hydroxyl groups is 1. The van der Waals surface area contributed by atoms with Crippen LogP contribution in [-0.4, -0.2) is 16.8 Å². The van der Waals surface area contributed by atoms with Crippen molar-refractivity contribution in [2.24, 2.45) is 0 Å². The number of hydrogen-bond acceptors (Lipinski definition) is 4. The molecule has 0 radical (unpaired) electrons. The first kappa shape index (κ1) is 12.7. The number of aromatic nitrogens is 1. The average Bonchev–Trinajstić information content (AvgIpc) is 2.39. The van der Waals surface area contributed by atoms with E-state index in [4.69, 9.17) is 10.00 Å². The van der Waals surface area contributed by atoms with E-state index in [0.717, 1.165) is 4.57 Å². The molecule has 1 aromatic carbocycles. The van der Waals surface area contributed by atoms with Crippen molar-refractivity contribution in [3.8, 4) is 23.4 Å². The molecular formula is C14H12N2O3. The highest BCUT2D eigenvalue weighted by atomic mass is 16.5. The van der Waals surface area contributed by atoms with Gasteiger partial charge >= 0.3 is 0 Å². The highest BCUT2D eigenvalue weighted by Gasteiger charge is 2.13. The summed E-state index contributed by atoms with van der Waals surface area (Å²) in [4.78, 5) is 11.9. The molecule has 5 nitrogen and oxygen atoms in total. The minimum atomic E-state index is -0.390. The molecule has 96 valence electrons. The molecule has 0 aliphatic rings. The van der Waals surface area contributed by atoms with Gasteiger partial charge in [0, 0.05) is 6.07 Å². The number of benzene rings is 1. The van der Waals surface area contributed by atoms with E-state index >= 15 is 0 Å². The van der Waals surface area contributed by atoms with E-state index in [-0.39, 0.29) is 17.0 Å². The number of nitriles is 1. The van der Waals surface area contributed by atoms with Gasteiger partial charge < -0.3 is 9.84 Å². The summed E-state index contributed by atoms with van der Waals surface area (Å²) < 4.78 is 6.12. The number of pyridine rings is 1. The van der Waals surface area contributed by atoms with Gasteiger partial charge in [-0.15, -0.1) is 0 Å². The standard InChI is InChI=1S/C14H12N2O3/c1-9-7-13(17)16(14(18)12(9)8-15)10-3-5-11(19-2)6-4-10/h3-7,18H,1-2H3. The first-order chi connectivity index (χ1) is 9.08. The first-order valence-electron chi connectivity index (χ1n) is 5.58. The largest absolute Gasteiger partial charge is 0.497 e. The Kier molecular flexibility index (Phi) is 3.25. The lowest BCUT2D eigenvalue weighted by atomic mass is 10.1. The van der Waals surface area contributed by atoms with Gasteiger partial charge in [0.1, 0.15) is 17.4 Å². The number of aryl methyl sites for hydroxylation is 1. The molecule has 0 atom stereocenters. The Balaban J connectivity index is 2.68. The SMILES string of the molecule is COc1ccc(-n2c(O)c(C#N)c(C)cc2=O)cc1. The van der Waals surface area contributed by atoms with E-state index in [1.807, 2.05) is 6.07 Å². The summed E-state index contributed by atoms with van der Waals surface area (Å²) >= 11 is 0. The number of nitrogens with zero attached hydrogens (tertiary/aromatic N) is 2. The van der Waals surface area contributed by atoms with Gasteiger partial charge in [0.15, 0.2) is 0 Å². The molecule has 5 heteroatoms. The highest BCUT2D eigenvalue weighted by Crippen LogP contribution is 2.22. The van der Waals surface area contributed by atoms with E-state index < -0.39 is 0 Å². The minimum Gasteiger partial charge on any atom is -0.497 e. The summed E-state index contributed by atoms with van der Waals surface area (Å²) in [7, 11) is 1.54. The zero-order valence-electron chi connectivity index (χ0n) is 10.5. The van der Waals surface area contributed by atoms with E-state index in [2.05, 4.69) is 0 Å². The van der Waals surface area contributed by atoms with Gasteiger partial charge in [-0.25, -0.2) is 4.57 Å². The highest BCUT2D eigenvalue weighted by molar-refractivity contribution is 5.49. The van der Waals surface area contributed by atoms with Crippen LogP contribution >= 0.6 is 0 Å². The van der Waals surface area contributed by atoms with Crippen LogP contribution in [0.15, 0.2) is 35.1 Å².